The average molecular weight is 374 g/mol. The molecule has 1 aliphatic heterocycles. The number of amides is 1. The summed E-state index contributed by atoms with van der Waals surface area (Å²) >= 11 is 3.22. The SMILES string of the molecule is O=C(c1ccc(F)cc1)N1CCN(c2nnc(-c3cccs3)s2)CC1. The Morgan fingerprint density at radius 2 is 1.80 bits per heavy atom. The van der Waals surface area contributed by atoms with E-state index < -0.39 is 0 Å². The van der Waals surface area contributed by atoms with Crippen LogP contribution in [-0.2, 0) is 0 Å². The number of halogens is 1. The second-order valence-corrected chi connectivity index (χ2v) is 7.56. The number of hydrogen-bond donors (Lipinski definition) is 0. The Morgan fingerprint density at radius 3 is 2.48 bits per heavy atom. The summed E-state index contributed by atoms with van der Waals surface area (Å²) in [5.74, 6) is -0.393. The number of carbonyl (C=O) groups excluding carboxylic acids is 1. The number of benzene rings is 1. The van der Waals surface area contributed by atoms with E-state index in [2.05, 4.69) is 15.1 Å². The minimum absolute atomic E-state index is 0.0591. The lowest BCUT2D eigenvalue weighted by Crippen LogP contribution is -2.48. The van der Waals surface area contributed by atoms with Gasteiger partial charge in [-0.2, -0.15) is 0 Å². The van der Waals surface area contributed by atoms with Crippen molar-refractivity contribution in [3.8, 4) is 9.88 Å². The van der Waals surface area contributed by atoms with Crippen molar-refractivity contribution in [1.29, 1.82) is 0 Å². The number of hydrogen-bond acceptors (Lipinski definition) is 6. The Kier molecular flexibility index (Phi) is 4.46. The molecule has 8 heteroatoms. The highest BCUT2D eigenvalue weighted by molar-refractivity contribution is 7.22. The van der Waals surface area contributed by atoms with Crippen LogP contribution in [-0.4, -0.2) is 47.2 Å². The molecule has 1 saturated heterocycles. The van der Waals surface area contributed by atoms with Crippen LogP contribution in [0.1, 0.15) is 10.4 Å². The molecular formula is C17H15FN4OS2. The van der Waals surface area contributed by atoms with Crippen LogP contribution >= 0.6 is 22.7 Å². The van der Waals surface area contributed by atoms with Gasteiger partial charge in [0.1, 0.15) is 5.82 Å². The Labute approximate surface area is 152 Å². The third-order valence-electron chi connectivity index (χ3n) is 4.07. The quantitative estimate of drug-likeness (QED) is 0.705. The molecule has 0 saturated carbocycles. The topological polar surface area (TPSA) is 49.3 Å². The molecule has 0 spiro atoms. The molecule has 0 aliphatic carbocycles. The molecule has 2 aromatic heterocycles. The fourth-order valence-corrected chi connectivity index (χ4v) is 4.41. The van der Waals surface area contributed by atoms with Gasteiger partial charge in [0.05, 0.1) is 4.88 Å². The van der Waals surface area contributed by atoms with E-state index in [-0.39, 0.29) is 11.7 Å². The van der Waals surface area contributed by atoms with Crippen molar-refractivity contribution < 1.29 is 9.18 Å². The zero-order valence-corrected chi connectivity index (χ0v) is 14.9. The predicted molar refractivity (Wildman–Crippen MR) is 97.7 cm³/mol. The van der Waals surface area contributed by atoms with E-state index in [9.17, 15) is 9.18 Å². The average Bonchev–Trinajstić information content (AvgIpc) is 3.33. The third kappa shape index (κ3) is 3.40. The number of rotatable bonds is 3. The Hall–Kier alpha value is -2.32. The number of thiophene rings is 1. The molecular weight excluding hydrogens is 359 g/mol. The Bertz CT molecular complexity index is 855. The van der Waals surface area contributed by atoms with Gasteiger partial charge in [-0.3, -0.25) is 4.79 Å². The van der Waals surface area contributed by atoms with Gasteiger partial charge in [-0.1, -0.05) is 17.4 Å². The summed E-state index contributed by atoms with van der Waals surface area (Å²) in [5, 5.41) is 12.4. The molecule has 0 N–H and O–H groups in total. The monoisotopic (exact) mass is 374 g/mol. The molecule has 128 valence electrons. The standard InChI is InChI=1S/C17H15FN4OS2/c18-13-5-3-12(4-6-13)16(23)21-7-9-22(10-8-21)17-20-19-15(25-17)14-2-1-11-24-14/h1-6,11H,7-10H2. The molecule has 1 aromatic carbocycles. The first-order valence-electron chi connectivity index (χ1n) is 7.88. The molecule has 1 amide bonds. The highest BCUT2D eigenvalue weighted by Crippen LogP contribution is 2.31. The van der Waals surface area contributed by atoms with Crippen LogP contribution in [0.25, 0.3) is 9.88 Å². The maximum absolute atomic E-state index is 13.0. The lowest BCUT2D eigenvalue weighted by molar-refractivity contribution is 0.0746. The molecule has 0 bridgehead atoms. The van der Waals surface area contributed by atoms with Gasteiger partial charge in [0.25, 0.3) is 5.91 Å². The summed E-state index contributed by atoms with van der Waals surface area (Å²) < 4.78 is 13.0. The Balaban J connectivity index is 1.40. The van der Waals surface area contributed by atoms with E-state index in [1.54, 1.807) is 27.6 Å². The van der Waals surface area contributed by atoms with Crippen molar-refractivity contribution in [3.05, 3.63) is 53.2 Å². The van der Waals surface area contributed by atoms with Crippen molar-refractivity contribution in [2.45, 2.75) is 0 Å². The molecule has 0 atom stereocenters. The van der Waals surface area contributed by atoms with Crippen LogP contribution in [0.4, 0.5) is 9.52 Å². The maximum atomic E-state index is 13.0. The van der Waals surface area contributed by atoms with Crippen molar-refractivity contribution in [3.63, 3.8) is 0 Å². The van der Waals surface area contributed by atoms with Crippen LogP contribution in [0.5, 0.6) is 0 Å². The molecule has 0 unspecified atom stereocenters. The highest BCUT2D eigenvalue weighted by atomic mass is 32.1. The summed E-state index contributed by atoms with van der Waals surface area (Å²) in [7, 11) is 0. The minimum atomic E-state index is -0.334. The summed E-state index contributed by atoms with van der Waals surface area (Å²) in [5.41, 5.74) is 0.519. The second-order valence-electron chi connectivity index (χ2n) is 5.65. The molecule has 1 fully saturated rings. The lowest BCUT2D eigenvalue weighted by atomic mass is 10.2. The van der Waals surface area contributed by atoms with Crippen molar-refractivity contribution in [1.82, 2.24) is 15.1 Å². The van der Waals surface area contributed by atoms with E-state index in [1.807, 2.05) is 17.5 Å². The van der Waals surface area contributed by atoms with E-state index in [0.29, 0.717) is 31.7 Å². The number of nitrogens with zero attached hydrogens (tertiary/aromatic N) is 4. The van der Waals surface area contributed by atoms with Gasteiger partial charge in [-0.05, 0) is 35.7 Å². The van der Waals surface area contributed by atoms with Crippen molar-refractivity contribution >= 4 is 33.7 Å². The van der Waals surface area contributed by atoms with Crippen LogP contribution in [0.2, 0.25) is 0 Å². The summed E-state index contributed by atoms with van der Waals surface area (Å²) in [6, 6.07) is 9.73. The fourth-order valence-electron chi connectivity index (χ4n) is 2.72. The van der Waals surface area contributed by atoms with Gasteiger partial charge < -0.3 is 9.80 Å². The maximum Gasteiger partial charge on any atom is 0.253 e. The van der Waals surface area contributed by atoms with E-state index in [1.165, 1.54) is 24.3 Å². The zero-order valence-electron chi connectivity index (χ0n) is 13.3. The summed E-state index contributed by atoms with van der Waals surface area (Å²) in [4.78, 5) is 17.5. The number of anilines is 1. The van der Waals surface area contributed by atoms with Crippen molar-refractivity contribution in [2.75, 3.05) is 31.1 Å². The third-order valence-corrected chi connectivity index (χ3v) is 6.10. The first-order chi connectivity index (χ1) is 12.2. The number of carbonyl (C=O) groups is 1. The number of piperazine rings is 1. The molecule has 1 aliphatic rings. The van der Waals surface area contributed by atoms with E-state index in [0.717, 1.165) is 15.0 Å². The smallest absolute Gasteiger partial charge is 0.253 e. The molecule has 0 radical (unpaired) electrons. The van der Waals surface area contributed by atoms with Gasteiger partial charge in [0.15, 0.2) is 5.01 Å². The van der Waals surface area contributed by atoms with Crippen LogP contribution < -0.4 is 4.90 Å². The van der Waals surface area contributed by atoms with Gasteiger partial charge in [-0.25, -0.2) is 4.39 Å². The van der Waals surface area contributed by atoms with Gasteiger partial charge in [0.2, 0.25) is 5.13 Å². The molecule has 4 rings (SSSR count). The normalized spacial score (nSPS) is 14.8. The fraction of sp³-hybridized carbons (Fsp3) is 0.235. The largest absolute Gasteiger partial charge is 0.343 e. The van der Waals surface area contributed by atoms with Gasteiger partial charge in [0, 0.05) is 31.7 Å². The highest BCUT2D eigenvalue weighted by Gasteiger charge is 2.24. The second kappa shape index (κ2) is 6.89. The van der Waals surface area contributed by atoms with Crippen molar-refractivity contribution in [2.24, 2.45) is 0 Å². The molecule has 3 aromatic rings. The number of aromatic nitrogens is 2. The van der Waals surface area contributed by atoms with Crippen LogP contribution in [0.15, 0.2) is 41.8 Å². The van der Waals surface area contributed by atoms with Gasteiger partial charge in [-0.15, -0.1) is 21.5 Å². The first-order valence-corrected chi connectivity index (χ1v) is 9.57. The predicted octanol–water partition coefficient (Wildman–Crippen LogP) is 3.37. The van der Waals surface area contributed by atoms with E-state index in [4.69, 9.17) is 0 Å². The van der Waals surface area contributed by atoms with E-state index >= 15 is 0 Å². The summed E-state index contributed by atoms with van der Waals surface area (Å²) in [6.45, 7) is 2.66. The minimum Gasteiger partial charge on any atom is -0.343 e. The zero-order chi connectivity index (χ0) is 17.2. The first kappa shape index (κ1) is 16.2. The molecule has 3 heterocycles. The van der Waals surface area contributed by atoms with Crippen LogP contribution in [0, 0.1) is 5.82 Å². The molecule has 5 nitrogen and oxygen atoms in total. The summed E-state index contributed by atoms with van der Waals surface area (Å²) in [6.07, 6.45) is 0. The van der Waals surface area contributed by atoms with Crippen LogP contribution in [0.3, 0.4) is 0 Å². The van der Waals surface area contributed by atoms with Gasteiger partial charge >= 0.3 is 0 Å². The Morgan fingerprint density at radius 1 is 1.04 bits per heavy atom. The lowest BCUT2D eigenvalue weighted by Gasteiger charge is -2.34. The molecule has 25 heavy (non-hydrogen) atoms.